The molecule has 2 N–H and O–H groups in total. The van der Waals surface area contributed by atoms with Crippen LogP contribution in [0.3, 0.4) is 0 Å². The number of aromatic nitrogens is 4. The van der Waals surface area contributed by atoms with Gasteiger partial charge < -0.3 is 5.32 Å². The molecule has 0 saturated carbocycles. The number of thiophene rings is 1. The van der Waals surface area contributed by atoms with Crippen molar-refractivity contribution in [3.8, 4) is 16.5 Å². The number of benzene rings is 1. The van der Waals surface area contributed by atoms with Crippen LogP contribution in [0.5, 0.6) is 0 Å². The van der Waals surface area contributed by atoms with Crippen molar-refractivity contribution in [2.45, 2.75) is 26.7 Å². The quantitative estimate of drug-likeness (QED) is 0.490. The maximum absolute atomic E-state index is 12.8. The summed E-state index contributed by atoms with van der Waals surface area (Å²) in [5, 5.41) is 9.47. The molecule has 4 rings (SSSR count). The molecule has 0 radical (unpaired) electrons. The second-order valence-corrected chi connectivity index (χ2v) is 7.88. The molecule has 3 aromatic heterocycles. The van der Waals surface area contributed by atoms with E-state index in [9.17, 15) is 9.59 Å². The smallest absolute Gasteiger partial charge is 0.256 e. The molecule has 0 atom stereocenters. The molecule has 1 amide bonds. The van der Waals surface area contributed by atoms with Crippen LogP contribution < -0.4 is 10.9 Å². The van der Waals surface area contributed by atoms with Gasteiger partial charge in [0.2, 0.25) is 5.95 Å². The van der Waals surface area contributed by atoms with Crippen LogP contribution in [0, 0.1) is 6.92 Å². The van der Waals surface area contributed by atoms with Crippen molar-refractivity contribution < 1.29 is 4.79 Å². The Morgan fingerprint density at radius 2 is 2.00 bits per heavy atom. The molecular formula is C22H21N5O2S. The second kappa shape index (κ2) is 8.46. The first kappa shape index (κ1) is 19.8. The number of nitrogens with one attached hydrogen (secondary N) is 2. The fourth-order valence-corrected chi connectivity index (χ4v) is 3.73. The Hall–Kier alpha value is -3.52. The van der Waals surface area contributed by atoms with E-state index in [-0.39, 0.29) is 17.4 Å². The van der Waals surface area contributed by atoms with Crippen molar-refractivity contribution in [1.29, 1.82) is 0 Å². The van der Waals surface area contributed by atoms with Gasteiger partial charge in [-0.2, -0.15) is 9.78 Å². The van der Waals surface area contributed by atoms with Crippen molar-refractivity contribution in [3.05, 3.63) is 81.1 Å². The minimum atomic E-state index is -0.263. The Morgan fingerprint density at radius 1 is 1.20 bits per heavy atom. The predicted octanol–water partition coefficient (Wildman–Crippen LogP) is 4.20. The van der Waals surface area contributed by atoms with Crippen molar-refractivity contribution in [1.82, 2.24) is 19.7 Å². The molecule has 7 nitrogen and oxygen atoms in total. The highest BCUT2D eigenvalue weighted by Gasteiger charge is 2.17. The maximum Gasteiger partial charge on any atom is 0.256 e. The SMILES string of the molecule is CCCc1cc(=O)[nH]c(-n2nc(-c3cccs3)cc2NC(=O)c2ccc(C)cc2)n1. The number of H-pyrrole nitrogens is 1. The molecule has 30 heavy (non-hydrogen) atoms. The van der Waals surface area contributed by atoms with E-state index in [0.717, 1.165) is 16.9 Å². The maximum atomic E-state index is 12.8. The Balaban J connectivity index is 1.76. The fourth-order valence-electron chi connectivity index (χ4n) is 3.05. The Labute approximate surface area is 177 Å². The highest BCUT2D eigenvalue weighted by Crippen LogP contribution is 2.27. The summed E-state index contributed by atoms with van der Waals surface area (Å²) in [6.07, 6.45) is 1.55. The van der Waals surface area contributed by atoms with Crippen LogP contribution in [0.4, 0.5) is 5.82 Å². The lowest BCUT2D eigenvalue weighted by Crippen LogP contribution is -2.19. The van der Waals surface area contributed by atoms with E-state index in [4.69, 9.17) is 0 Å². The molecule has 0 bridgehead atoms. The molecule has 0 unspecified atom stereocenters. The zero-order valence-electron chi connectivity index (χ0n) is 16.7. The van der Waals surface area contributed by atoms with E-state index in [1.54, 1.807) is 29.5 Å². The summed E-state index contributed by atoms with van der Waals surface area (Å²) >= 11 is 1.54. The van der Waals surface area contributed by atoms with Gasteiger partial charge in [-0.05, 0) is 36.9 Å². The first-order valence-corrected chi connectivity index (χ1v) is 10.5. The lowest BCUT2D eigenvalue weighted by atomic mass is 10.1. The number of anilines is 1. The third kappa shape index (κ3) is 4.23. The molecule has 0 aliphatic rings. The molecule has 0 spiro atoms. The Bertz CT molecular complexity index is 1220. The van der Waals surface area contributed by atoms with Gasteiger partial charge in [-0.1, -0.05) is 37.1 Å². The zero-order chi connectivity index (χ0) is 21.1. The number of hydrogen-bond acceptors (Lipinski definition) is 5. The lowest BCUT2D eigenvalue weighted by molar-refractivity contribution is 0.102. The molecule has 152 valence electrons. The van der Waals surface area contributed by atoms with E-state index in [1.807, 2.05) is 43.5 Å². The van der Waals surface area contributed by atoms with Crippen molar-refractivity contribution >= 4 is 23.1 Å². The number of rotatable bonds is 6. The Morgan fingerprint density at radius 3 is 2.70 bits per heavy atom. The van der Waals surface area contributed by atoms with Crippen LogP contribution in [0.25, 0.3) is 16.5 Å². The van der Waals surface area contributed by atoms with E-state index in [2.05, 4.69) is 20.4 Å². The monoisotopic (exact) mass is 419 g/mol. The van der Waals surface area contributed by atoms with Crippen LogP contribution >= 0.6 is 11.3 Å². The van der Waals surface area contributed by atoms with Crippen molar-refractivity contribution in [2.75, 3.05) is 5.32 Å². The molecular weight excluding hydrogens is 398 g/mol. The van der Waals surface area contributed by atoms with Crippen LogP contribution in [-0.4, -0.2) is 25.7 Å². The fraction of sp³-hybridized carbons (Fsp3) is 0.182. The summed E-state index contributed by atoms with van der Waals surface area (Å²) in [6.45, 7) is 3.99. The molecule has 8 heteroatoms. The topological polar surface area (TPSA) is 92.7 Å². The van der Waals surface area contributed by atoms with Gasteiger partial charge in [0.25, 0.3) is 11.5 Å². The molecule has 3 heterocycles. The van der Waals surface area contributed by atoms with Crippen molar-refractivity contribution in [3.63, 3.8) is 0 Å². The number of aryl methyl sites for hydroxylation is 2. The molecule has 0 fully saturated rings. The van der Waals surface area contributed by atoms with Gasteiger partial charge >= 0.3 is 0 Å². The zero-order valence-corrected chi connectivity index (χ0v) is 17.5. The van der Waals surface area contributed by atoms with Crippen LogP contribution in [0.2, 0.25) is 0 Å². The standard InChI is InChI=1S/C22H21N5O2S/c1-3-5-16-12-20(28)25-22(23-16)27-19(13-17(26-27)18-6-4-11-30-18)24-21(29)15-9-7-14(2)8-10-15/h4,6-13H,3,5H2,1-2H3,(H,24,29)(H,23,25,28). The van der Waals surface area contributed by atoms with E-state index in [0.29, 0.717) is 29.2 Å². The van der Waals surface area contributed by atoms with Crippen LogP contribution in [0.1, 0.15) is 35.0 Å². The predicted molar refractivity (Wildman–Crippen MR) is 118 cm³/mol. The Kier molecular flexibility index (Phi) is 5.58. The number of aromatic amines is 1. The van der Waals surface area contributed by atoms with Gasteiger partial charge in [-0.15, -0.1) is 11.3 Å². The van der Waals surface area contributed by atoms with E-state index >= 15 is 0 Å². The summed E-state index contributed by atoms with van der Waals surface area (Å²) in [5.41, 5.74) is 2.72. The largest absolute Gasteiger partial charge is 0.306 e. The summed E-state index contributed by atoms with van der Waals surface area (Å²) in [6, 6.07) is 14.5. The van der Waals surface area contributed by atoms with E-state index in [1.165, 1.54) is 10.7 Å². The van der Waals surface area contributed by atoms with Gasteiger partial charge in [0, 0.05) is 23.4 Å². The summed E-state index contributed by atoms with van der Waals surface area (Å²) in [7, 11) is 0. The molecule has 1 aromatic carbocycles. The third-order valence-electron chi connectivity index (χ3n) is 4.53. The first-order chi connectivity index (χ1) is 14.5. The van der Waals surface area contributed by atoms with Gasteiger partial charge in [0.15, 0.2) is 0 Å². The van der Waals surface area contributed by atoms with Gasteiger partial charge in [0.1, 0.15) is 11.5 Å². The molecule has 0 aliphatic heterocycles. The minimum Gasteiger partial charge on any atom is -0.306 e. The summed E-state index contributed by atoms with van der Waals surface area (Å²) in [4.78, 5) is 33.2. The number of nitrogens with zero attached hydrogens (tertiary/aromatic N) is 3. The number of carbonyl (C=O) groups excluding carboxylic acids is 1. The minimum absolute atomic E-state index is 0.257. The summed E-state index contributed by atoms with van der Waals surface area (Å²) < 4.78 is 1.47. The molecule has 4 aromatic rings. The number of amides is 1. The molecule has 0 saturated heterocycles. The second-order valence-electron chi connectivity index (χ2n) is 6.93. The highest BCUT2D eigenvalue weighted by atomic mass is 32.1. The van der Waals surface area contributed by atoms with E-state index < -0.39 is 0 Å². The average molecular weight is 420 g/mol. The number of carbonyl (C=O) groups is 1. The van der Waals surface area contributed by atoms with Gasteiger partial charge in [-0.25, -0.2) is 4.98 Å². The average Bonchev–Trinajstić information content (AvgIpc) is 3.38. The lowest BCUT2D eigenvalue weighted by Gasteiger charge is -2.09. The molecule has 0 aliphatic carbocycles. The third-order valence-corrected chi connectivity index (χ3v) is 5.42. The highest BCUT2D eigenvalue weighted by molar-refractivity contribution is 7.13. The first-order valence-electron chi connectivity index (χ1n) is 9.66. The van der Waals surface area contributed by atoms with Gasteiger partial charge in [-0.3, -0.25) is 14.6 Å². The van der Waals surface area contributed by atoms with Gasteiger partial charge in [0.05, 0.1) is 4.88 Å². The summed E-state index contributed by atoms with van der Waals surface area (Å²) in [5.74, 6) is 0.440. The van der Waals surface area contributed by atoms with Crippen molar-refractivity contribution in [2.24, 2.45) is 0 Å². The number of hydrogen-bond donors (Lipinski definition) is 2. The van der Waals surface area contributed by atoms with Crippen LogP contribution in [0.15, 0.2) is 58.7 Å². The van der Waals surface area contributed by atoms with Crippen LogP contribution in [-0.2, 0) is 6.42 Å². The normalized spacial score (nSPS) is 10.9.